The Morgan fingerprint density at radius 1 is 1.06 bits per heavy atom. The van der Waals surface area contributed by atoms with Crippen LogP contribution >= 0.6 is 0 Å². The molecule has 1 aliphatic heterocycles. The monoisotopic (exact) mass is 259 g/mol. The van der Waals surface area contributed by atoms with E-state index >= 15 is 0 Å². The van der Waals surface area contributed by atoms with E-state index in [-0.39, 0.29) is 6.61 Å². The van der Waals surface area contributed by atoms with Gasteiger partial charge in [0.1, 0.15) is 6.10 Å². The lowest BCUT2D eigenvalue weighted by atomic mass is 9.88. The second-order valence-electron chi connectivity index (χ2n) is 5.58. The molecule has 0 spiro atoms. The van der Waals surface area contributed by atoms with Crippen LogP contribution in [0.4, 0.5) is 0 Å². The molecule has 0 saturated carbocycles. The minimum absolute atomic E-state index is 0.110. The summed E-state index contributed by atoms with van der Waals surface area (Å²) in [5, 5.41) is 32.0. The van der Waals surface area contributed by atoms with Gasteiger partial charge in [-0.1, -0.05) is 51.9 Å². The first-order chi connectivity index (χ1) is 8.66. The molecular formula is C14H29NO3. The number of aliphatic hydroxyl groups excluding tert-OH is 3. The van der Waals surface area contributed by atoms with Crippen LogP contribution in [0.25, 0.3) is 0 Å². The molecular weight excluding hydrogens is 230 g/mol. The molecule has 0 unspecified atom stereocenters. The van der Waals surface area contributed by atoms with Crippen LogP contribution in [0.1, 0.15) is 58.3 Å². The minimum atomic E-state index is -0.845. The lowest BCUT2D eigenvalue weighted by Crippen LogP contribution is -2.52. The highest BCUT2D eigenvalue weighted by Crippen LogP contribution is 2.26. The molecule has 0 aliphatic carbocycles. The van der Waals surface area contributed by atoms with E-state index in [1.54, 1.807) is 0 Å². The summed E-state index contributed by atoms with van der Waals surface area (Å²) in [5.41, 5.74) is -0.678. The van der Waals surface area contributed by atoms with Crippen molar-refractivity contribution in [1.29, 1.82) is 0 Å². The van der Waals surface area contributed by atoms with E-state index in [0.717, 1.165) is 19.3 Å². The summed E-state index contributed by atoms with van der Waals surface area (Å²) in [6, 6.07) is 0. The number of aliphatic hydroxyl groups is 3. The Bertz CT molecular complexity index is 225. The van der Waals surface area contributed by atoms with Crippen LogP contribution in [0.5, 0.6) is 0 Å². The molecule has 1 heterocycles. The molecule has 1 aliphatic rings. The van der Waals surface area contributed by atoms with Crippen LogP contribution in [0.2, 0.25) is 0 Å². The number of hydrogen-bond donors (Lipinski definition) is 4. The quantitative estimate of drug-likeness (QED) is 0.469. The van der Waals surface area contributed by atoms with Gasteiger partial charge < -0.3 is 20.6 Å². The Labute approximate surface area is 110 Å². The van der Waals surface area contributed by atoms with Crippen LogP contribution in [-0.2, 0) is 0 Å². The van der Waals surface area contributed by atoms with Gasteiger partial charge >= 0.3 is 0 Å². The number of nitrogens with one attached hydrogen (secondary N) is 1. The van der Waals surface area contributed by atoms with Gasteiger partial charge in [0.2, 0.25) is 0 Å². The fraction of sp³-hybridized carbons (Fsp3) is 1.00. The standard InChI is InChI=1S/C14H29NO3/c1-2-3-4-5-6-7-8-9-14(11-16)13(18)12(17)10-15-14/h12-13,15-18H,2-11H2,1H3/t12-,13+,14-/m1/s1. The fourth-order valence-corrected chi connectivity index (χ4v) is 2.75. The van der Waals surface area contributed by atoms with Crippen LogP contribution in [0.15, 0.2) is 0 Å². The smallest absolute Gasteiger partial charge is 0.101 e. The van der Waals surface area contributed by atoms with Gasteiger partial charge in [-0.3, -0.25) is 0 Å². The maximum atomic E-state index is 9.91. The molecule has 108 valence electrons. The van der Waals surface area contributed by atoms with E-state index in [0.29, 0.717) is 6.54 Å². The number of β-amino-alcohol motifs (C(OH)–C–C–N with tert-alkyl or cyclic N) is 1. The van der Waals surface area contributed by atoms with E-state index < -0.39 is 17.7 Å². The van der Waals surface area contributed by atoms with Gasteiger partial charge in [0.05, 0.1) is 18.2 Å². The zero-order chi connectivity index (χ0) is 13.4. The van der Waals surface area contributed by atoms with Gasteiger partial charge in [-0.2, -0.15) is 0 Å². The lowest BCUT2D eigenvalue weighted by Gasteiger charge is -2.31. The molecule has 0 amide bonds. The van der Waals surface area contributed by atoms with E-state index in [1.165, 1.54) is 32.1 Å². The third kappa shape index (κ3) is 4.19. The Kier molecular flexibility index (Phi) is 7.15. The highest BCUT2D eigenvalue weighted by Gasteiger charge is 2.45. The summed E-state index contributed by atoms with van der Waals surface area (Å²) in [7, 11) is 0. The Balaban J connectivity index is 2.16. The topological polar surface area (TPSA) is 72.7 Å². The molecule has 0 aromatic heterocycles. The molecule has 18 heavy (non-hydrogen) atoms. The zero-order valence-electron chi connectivity index (χ0n) is 11.6. The third-order valence-corrected chi connectivity index (χ3v) is 4.10. The van der Waals surface area contributed by atoms with E-state index in [2.05, 4.69) is 12.2 Å². The highest BCUT2D eigenvalue weighted by molar-refractivity contribution is 5.04. The second kappa shape index (κ2) is 8.10. The van der Waals surface area contributed by atoms with Crippen LogP contribution in [0, 0.1) is 0 Å². The molecule has 4 heteroatoms. The highest BCUT2D eigenvalue weighted by atomic mass is 16.3. The van der Waals surface area contributed by atoms with Crippen molar-refractivity contribution in [1.82, 2.24) is 5.32 Å². The van der Waals surface area contributed by atoms with Crippen molar-refractivity contribution in [2.24, 2.45) is 0 Å². The van der Waals surface area contributed by atoms with Crippen molar-refractivity contribution >= 4 is 0 Å². The van der Waals surface area contributed by atoms with Gasteiger partial charge in [0.25, 0.3) is 0 Å². The van der Waals surface area contributed by atoms with Crippen molar-refractivity contribution in [3.63, 3.8) is 0 Å². The van der Waals surface area contributed by atoms with Gasteiger partial charge in [-0.25, -0.2) is 0 Å². The van der Waals surface area contributed by atoms with E-state index in [1.807, 2.05) is 0 Å². The number of unbranched alkanes of at least 4 members (excludes halogenated alkanes) is 6. The van der Waals surface area contributed by atoms with Crippen molar-refractivity contribution in [2.75, 3.05) is 13.2 Å². The summed E-state index contributed by atoms with van der Waals surface area (Å²) < 4.78 is 0. The molecule has 1 fully saturated rings. The van der Waals surface area contributed by atoms with Crippen molar-refractivity contribution in [3.8, 4) is 0 Å². The normalized spacial score (nSPS) is 32.0. The first-order valence-corrected chi connectivity index (χ1v) is 7.38. The Morgan fingerprint density at radius 3 is 2.17 bits per heavy atom. The molecule has 0 radical (unpaired) electrons. The van der Waals surface area contributed by atoms with E-state index in [9.17, 15) is 15.3 Å². The number of hydrogen-bond acceptors (Lipinski definition) is 4. The average molecular weight is 259 g/mol. The van der Waals surface area contributed by atoms with Crippen molar-refractivity contribution in [2.45, 2.75) is 76.0 Å². The molecule has 1 rings (SSSR count). The van der Waals surface area contributed by atoms with Gasteiger partial charge in [-0.15, -0.1) is 0 Å². The minimum Gasteiger partial charge on any atom is -0.394 e. The molecule has 0 bridgehead atoms. The zero-order valence-corrected chi connectivity index (χ0v) is 11.6. The average Bonchev–Trinajstić information content (AvgIpc) is 2.67. The first kappa shape index (κ1) is 15.9. The molecule has 0 aromatic rings. The van der Waals surface area contributed by atoms with Crippen LogP contribution in [-0.4, -0.2) is 46.2 Å². The summed E-state index contributed by atoms with van der Waals surface area (Å²) >= 11 is 0. The molecule has 1 saturated heterocycles. The van der Waals surface area contributed by atoms with Gasteiger partial charge in [0, 0.05) is 6.54 Å². The third-order valence-electron chi connectivity index (χ3n) is 4.10. The summed E-state index contributed by atoms with van der Waals surface area (Å²) in [5.74, 6) is 0. The maximum absolute atomic E-state index is 9.91. The first-order valence-electron chi connectivity index (χ1n) is 7.38. The fourth-order valence-electron chi connectivity index (χ4n) is 2.75. The van der Waals surface area contributed by atoms with Crippen molar-refractivity contribution < 1.29 is 15.3 Å². The van der Waals surface area contributed by atoms with Crippen LogP contribution in [0.3, 0.4) is 0 Å². The summed E-state index contributed by atoms with van der Waals surface area (Å²) in [4.78, 5) is 0. The van der Waals surface area contributed by atoms with Crippen molar-refractivity contribution in [3.05, 3.63) is 0 Å². The molecule has 4 N–H and O–H groups in total. The predicted octanol–water partition coefficient (Wildman–Crippen LogP) is 1.18. The number of rotatable bonds is 9. The van der Waals surface area contributed by atoms with Gasteiger partial charge in [-0.05, 0) is 6.42 Å². The Morgan fingerprint density at radius 2 is 1.67 bits per heavy atom. The SMILES string of the molecule is CCCCCCCCC[C@]1(CO)NC[C@@H](O)[C@@H]1O. The maximum Gasteiger partial charge on any atom is 0.101 e. The summed E-state index contributed by atoms with van der Waals surface area (Å²) in [6.45, 7) is 2.47. The predicted molar refractivity (Wildman–Crippen MR) is 72.4 cm³/mol. The van der Waals surface area contributed by atoms with Gasteiger partial charge in [0.15, 0.2) is 0 Å². The van der Waals surface area contributed by atoms with E-state index in [4.69, 9.17) is 0 Å². The molecule has 3 atom stereocenters. The molecule has 0 aromatic carbocycles. The lowest BCUT2D eigenvalue weighted by molar-refractivity contribution is -0.0130. The summed E-state index contributed by atoms with van der Waals surface area (Å²) in [6.07, 6.45) is 7.65. The Hall–Kier alpha value is -0.160. The second-order valence-corrected chi connectivity index (χ2v) is 5.58. The van der Waals surface area contributed by atoms with Crippen LogP contribution < -0.4 is 5.32 Å². The largest absolute Gasteiger partial charge is 0.394 e. The molecule has 4 nitrogen and oxygen atoms in total.